The lowest BCUT2D eigenvalue weighted by Gasteiger charge is -2.16. The van der Waals surface area contributed by atoms with Crippen LogP contribution in [0.2, 0.25) is 0 Å². The molecule has 1 N–H and O–H groups in total. The number of nitrogens with one attached hydrogen (secondary N) is 1. The van der Waals surface area contributed by atoms with Gasteiger partial charge in [0.1, 0.15) is 0 Å². The van der Waals surface area contributed by atoms with Crippen molar-refractivity contribution in [2.45, 2.75) is 38.0 Å². The maximum Gasteiger partial charge on any atom is 0.227 e. The highest BCUT2D eigenvalue weighted by atomic mass is 32.2. The monoisotopic (exact) mass is 368 g/mol. The molecule has 1 aliphatic rings. The molecule has 1 heterocycles. The number of anilines is 2. The molecule has 26 heavy (non-hydrogen) atoms. The van der Waals surface area contributed by atoms with Gasteiger partial charge in [0.15, 0.2) is 0 Å². The first-order chi connectivity index (χ1) is 12.5. The van der Waals surface area contributed by atoms with E-state index < -0.39 is 0 Å². The van der Waals surface area contributed by atoms with E-state index in [4.69, 9.17) is 0 Å². The smallest absolute Gasteiger partial charge is 0.227 e. The van der Waals surface area contributed by atoms with E-state index in [2.05, 4.69) is 37.4 Å². The van der Waals surface area contributed by atoms with E-state index in [1.165, 1.54) is 16.0 Å². The third kappa shape index (κ3) is 4.67. The van der Waals surface area contributed by atoms with Crippen molar-refractivity contribution in [3.63, 3.8) is 0 Å². The van der Waals surface area contributed by atoms with Gasteiger partial charge in [-0.3, -0.25) is 9.59 Å². The molecule has 1 aliphatic heterocycles. The van der Waals surface area contributed by atoms with Gasteiger partial charge in [-0.2, -0.15) is 0 Å². The molecule has 0 aromatic heterocycles. The maximum absolute atomic E-state index is 12.2. The number of rotatable bonds is 6. The third-order valence-electron chi connectivity index (χ3n) is 4.47. The van der Waals surface area contributed by atoms with Gasteiger partial charge in [-0.15, -0.1) is 11.8 Å². The van der Waals surface area contributed by atoms with E-state index in [0.29, 0.717) is 12.8 Å². The largest absolute Gasteiger partial charge is 0.326 e. The van der Waals surface area contributed by atoms with Crippen molar-refractivity contribution in [1.29, 1.82) is 0 Å². The molecule has 0 aliphatic carbocycles. The van der Waals surface area contributed by atoms with Crippen LogP contribution in [0, 0.1) is 13.8 Å². The molecule has 0 atom stereocenters. The lowest BCUT2D eigenvalue weighted by molar-refractivity contribution is -0.117. The molecule has 0 radical (unpaired) electrons. The van der Waals surface area contributed by atoms with Crippen LogP contribution in [0.25, 0.3) is 0 Å². The first-order valence-electron chi connectivity index (χ1n) is 8.93. The van der Waals surface area contributed by atoms with Gasteiger partial charge in [0.25, 0.3) is 0 Å². The van der Waals surface area contributed by atoms with Crippen molar-refractivity contribution >= 4 is 35.0 Å². The Morgan fingerprint density at radius 1 is 1.15 bits per heavy atom. The molecule has 5 heteroatoms. The number of carbonyl (C=O) groups excluding carboxylic acids is 2. The Kier molecular flexibility index (Phi) is 5.99. The van der Waals surface area contributed by atoms with Gasteiger partial charge in [-0.1, -0.05) is 17.7 Å². The summed E-state index contributed by atoms with van der Waals surface area (Å²) < 4.78 is 0. The maximum atomic E-state index is 12.2. The Morgan fingerprint density at radius 3 is 2.62 bits per heavy atom. The Labute approximate surface area is 159 Å². The zero-order chi connectivity index (χ0) is 18.5. The SMILES string of the molecule is Cc1ccc(C)c(SCCC(=O)Nc2ccc(N3CCCC3=O)cc2)c1. The minimum atomic E-state index is 0.00723. The second kappa shape index (κ2) is 8.41. The summed E-state index contributed by atoms with van der Waals surface area (Å²) in [6, 6.07) is 13.9. The number of benzene rings is 2. The summed E-state index contributed by atoms with van der Waals surface area (Å²) in [7, 11) is 0. The molecular formula is C21H24N2O2S. The van der Waals surface area contributed by atoms with Crippen molar-refractivity contribution in [2.75, 3.05) is 22.5 Å². The fraction of sp³-hybridized carbons (Fsp3) is 0.333. The van der Waals surface area contributed by atoms with Gasteiger partial charge in [-0.25, -0.2) is 0 Å². The zero-order valence-electron chi connectivity index (χ0n) is 15.2. The second-order valence-corrected chi connectivity index (χ2v) is 7.75. The van der Waals surface area contributed by atoms with E-state index >= 15 is 0 Å². The number of amides is 2. The first-order valence-corrected chi connectivity index (χ1v) is 9.92. The fourth-order valence-electron chi connectivity index (χ4n) is 2.99. The highest BCUT2D eigenvalue weighted by Gasteiger charge is 2.21. The van der Waals surface area contributed by atoms with E-state index in [1.54, 1.807) is 16.7 Å². The summed E-state index contributed by atoms with van der Waals surface area (Å²) in [5.74, 6) is 0.925. The van der Waals surface area contributed by atoms with Gasteiger partial charge < -0.3 is 10.2 Å². The van der Waals surface area contributed by atoms with Gasteiger partial charge in [0, 0.05) is 41.4 Å². The van der Waals surface area contributed by atoms with E-state index in [1.807, 2.05) is 24.3 Å². The topological polar surface area (TPSA) is 49.4 Å². The number of hydrogen-bond acceptors (Lipinski definition) is 3. The average Bonchev–Trinajstić information content (AvgIpc) is 3.05. The Bertz CT molecular complexity index is 802. The lowest BCUT2D eigenvalue weighted by atomic mass is 10.2. The van der Waals surface area contributed by atoms with Gasteiger partial charge in [-0.05, 0) is 56.2 Å². The summed E-state index contributed by atoms with van der Waals surface area (Å²) >= 11 is 1.71. The summed E-state index contributed by atoms with van der Waals surface area (Å²) in [6.45, 7) is 4.95. The van der Waals surface area contributed by atoms with Crippen LogP contribution in [0.3, 0.4) is 0 Å². The highest BCUT2D eigenvalue weighted by Crippen LogP contribution is 2.25. The standard InChI is InChI=1S/C21H24N2O2S/c1-15-5-6-16(2)19(14-15)26-13-11-20(24)22-17-7-9-18(10-8-17)23-12-3-4-21(23)25/h5-10,14H,3-4,11-13H2,1-2H3,(H,22,24). The molecule has 136 valence electrons. The molecule has 2 aromatic carbocycles. The van der Waals surface area contributed by atoms with Crippen LogP contribution in [-0.2, 0) is 9.59 Å². The van der Waals surface area contributed by atoms with Crippen LogP contribution in [0.5, 0.6) is 0 Å². The van der Waals surface area contributed by atoms with Gasteiger partial charge >= 0.3 is 0 Å². The van der Waals surface area contributed by atoms with Crippen molar-refractivity contribution in [2.24, 2.45) is 0 Å². The van der Waals surface area contributed by atoms with E-state index in [-0.39, 0.29) is 11.8 Å². The van der Waals surface area contributed by atoms with Crippen LogP contribution in [0.4, 0.5) is 11.4 Å². The number of hydrogen-bond donors (Lipinski definition) is 1. The molecule has 2 amide bonds. The van der Waals surface area contributed by atoms with Crippen molar-refractivity contribution in [3.05, 3.63) is 53.6 Å². The molecule has 1 fully saturated rings. The molecule has 4 nitrogen and oxygen atoms in total. The molecule has 2 aromatic rings. The van der Waals surface area contributed by atoms with Crippen LogP contribution in [0.15, 0.2) is 47.4 Å². The minimum Gasteiger partial charge on any atom is -0.326 e. The predicted octanol–water partition coefficient (Wildman–Crippen LogP) is 4.55. The number of nitrogens with zero attached hydrogens (tertiary/aromatic N) is 1. The minimum absolute atomic E-state index is 0.00723. The summed E-state index contributed by atoms with van der Waals surface area (Å²) in [6.07, 6.45) is 2.00. The number of thioether (sulfide) groups is 1. The van der Waals surface area contributed by atoms with Crippen LogP contribution < -0.4 is 10.2 Å². The first kappa shape index (κ1) is 18.5. The molecule has 0 saturated carbocycles. The third-order valence-corrected chi connectivity index (χ3v) is 5.63. The Hall–Kier alpha value is -2.27. The van der Waals surface area contributed by atoms with Crippen molar-refractivity contribution in [1.82, 2.24) is 0 Å². The highest BCUT2D eigenvalue weighted by molar-refractivity contribution is 7.99. The quantitative estimate of drug-likeness (QED) is 0.761. The van der Waals surface area contributed by atoms with Crippen molar-refractivity contribution < 1.29 is 9.59 Å². The van der Waals surface area contributed by atoms with Crippen molar-refractivity contribution in [3.8, 4) is 0 Å². The van der Waals surface area contributed by atoms with E-state index in [0.717, 1.165) is 30.1 Å². The van der Waals surface area contributed by atoms with Crippen LogP contribution in [0.1, 0.15) is 30.4 Å². The normalized spacial score (nSPS) is 13.9. The second-order valence-electron chi connectivity index (χ2n) is 6.61. The molecule has 0 bridgehead atoms. The lowest BCUT2D eigenvalue weighted by Crippen LogP contribution is -2.23. The zero-order valence-corrected chi connectivity index (χ0v) is 16.1. The molecule has 0 unspecified atom stereocenters. The molecule has 0 spiro atoms. The van der Waals surface area contributed by atoms with Crippen LogP contribution >= 0.6 is 11.8 Å². The van der Waals surface area contributed by atoms with Gasteiger partial charge in [0.2, 0.25) is 11.8 Å². The summed E-state index contributed by atoms with van der Waals surface area (Å²) in [5, 5.41) is 2.93. The molecular weight excluding hydrogens is 344 g/mol. The van der Waals surface area contributed by atoms with E-state index in [9.17, 15) is 9.59 Å². The van der Waals surface area contributed by atoms with Crippen LogP contribution in [-0.4, -0.2) is 24.1 Å². The number of carbonyl (C=O) groups is 2. The molecule has 1 saturated heterocycles. The number of aryl methyl sites for hydroxylation is 2. The Morgan fingerprint density at radius 2 is 1.92 bits per heavy atom. The van der Waals surface area contributed by atoms with Gasteiger partial charge in [0.05, 0.1) is 0 Å². The Balaban J connectivity index is 1.48. The fourth-order valence-corrected chi connectivity index (χ4v) is 4.06. The average molecular weight is 369 g/mol. The molecule has 3 rings (SSSR count). The summed E-state index contributed by atoms with van der Waals surface area (Å²) in [4.78, 5) is 27.0. The summed E-state index contributed by atoms with van der Waals surface area (Å²) in [5.41, 5.74) is 4.14. The predicted molar refractivity (Wildman–Crippen MR) is 108 cm³/mol.